The molecule has 2 aromatic rings. The summed E-state index contributed by atoms with van der Waals surface area (Å²) in [4.78, 5) is 25.2. The average molecular weight is 530 g/mol. The van der Waals surface area contributed by atoms with E-state index in [1.165, 1.54) is 12.8 Å². The highest BCUT2D eigenvalue weighted by Crippen LogP contribution is 2.54. The third-order valence-corrected chi connectivity index (χ3v) is 7.83. The van der Waals surface area contributed by atoms with Crippen LogP contribution in [0.15, 0.2) is 34.8 Å². The summed E-state index contributed by atoms with van der Waals surface area (Å²) in [5, 5.41) is 2.86. The zero-order valence-electron chi connectivity index (χ0n) is 18.8. The molecule has 6 nitrogen and oxygen atoms in total. The molecule has 3 heterocycles. The average Bonchev–Trinajstić information content (AvgIpc) is 3.58. The maximum absolute atomic E-state index is 13.6. The van der Waals surface area contributed by atoms with E-state index >= 15 is 0 Å². The summed E-state index contributed by atoms with van der Waals surface area (Å²) in [6.07, 6.45) is 4.38. The molecule has 0 bridgehead atoms. The lowest BCUT2D eigenvalue weighted by Crippen LogP contribution is -2.39. The van der Waals surface area contributed by atoms with Crippen molar-refractivity contribution >= 4 is 44.8 Å². The Morgan fingerprint density at radius 2 is 1.68 bits per heavy atom. The van der Waals surface area contributed by atoms with Crippen LogP contribution in [0.3, 0.4) is 0 Å². The van der Waals surface area contributed by atoms with E-state index in [1.807, 2.05) is 12.1 Å². The van der Waals surface area contributed by atoms with E-state index in [1.54, 1.807) is 23.1 Å². The quantitative estimate of drug-likeness (QED) is 0.474. The molecule has 178 valence electrons. The number of pyridine rings is 1. The molecule has 3 fully saturated rings. The van der Waals surface area contributed by atoms with Gasteiger partial charge in [-0.25, -0.2) is 18.6 Å². The van der Waals surface area contributed by atoms with Gasteiger partial charge in [-0.05, 0) is 61.4 Å². The van der Waals surface area contributed by atoms with Crippen LogP contribution < -0.4 is 15.1 Å². The van der Waals surface area contributed by atoms with Crippen LogP contribution in [0.1, 0.15) is 48.9 Å². The first-order chi connectivity index (χ1) is 16.3. The van der Waals surface area contributed by atoms with Crippen LogP contribution in [0.4, 0.5) is 31.8 Å². The number of anilines is 3. The highest BCUT2D eigenvalue weighted by Gasteiger charge is 2.44. The number of aromatic nitrogens is 1. The molecule has 0 atom stereocenters. The van der Waals surface area contributed by atoms with Gasteiger partial charge in [0.25, 0.3) is 11.8 Å². The molecule has 1 saturated carbocycles. The van der Waals surface area contributed by atoms with Gasteiger partial charge >= 0.3 is 0 Å². The van der Waals surface area contributed by atoms with Gasteiger partial charge in [0.2, 0.25) is 5.69 Å². The minimum atomic E-state index is -2.69. The number of halogens is 3. The molecule has 34 heavy (non-hydrogen) atoms. The number of hydrogen-bond donors (Lipinski definition) is 1. The van der Waals surface area contributed by atoms with E-state index in [4.69, 9.17) is 6.57 Å². The summed E-state index contributed by atoms with van der Waals surface area (Å²) in [6, 6.07) is 8.80. The second-order valence-corrected chi connectivity index (χ2v) is 10.5. The minimum absolute atomic E-state index is 0.118. The van der Waals surface area contributed by atoms with Crippen LogP contribution in [-0.2, 0) is 0 Å². The molecule has 0 unspecified atom stereocenters. The fraction of sp³-hybridized carbons (Fsp3) is 0.480. The van der Waals surface area contributed by atoms with Crippen molar-refractivity contribution in [2.45, 2.75) is 44.4 Å². The molecule has 1 amide bonds. The topological polar surface area (TPSA) is 52.8 Å². The molecular weight excluding hydrogens is 504 g/mol. The van der Waals surface area contributed by atoms with Crippen LogP contribution in [0.25, 0.3) is 4.85 Å². The van der Waals surface area contributed by atoms with Crippen molar-refractivity contribution in [1.29, 1.82) is 0 Å². The third-order valence-electron chi connectivity index (χ3n) is 7.34. The summed E-state index contributed by atoms with van der Waals surface area (Å²) in [6.45, 7) is 9.53. The molecule has 1 N–H and O–H groups in total. The molecule has 1 aromatic carbocycles. The van der Waals surface area contributed by atoms with Crippen molar-refractivity contribution in [2.24, 2.45) is 5.41 Å². The van der Waals surface area contributed by atoms with Crippen LogP contribution in [-0.4, -0.2) is 43.0 Å². The first-order valence-corrected chi connectivity index (χ1v) is 12.4. The zero-order valence-corrected chi connectivity index (χ0v) is 20.4. The van der Waals surface area contributed by atoms with Crippen LogP contribution in [0, 0.1) is 12.0 Å². The number of nitrogens with one attached hydrogen (secondary N) is 1. The number of piperidine rings is 2. The molecule has 2 saturated heterocycles. The maximum atomic E-state index is 13.6. The van der Waals surface area contributed by atoms with Crippen molar-refractivity contribution in [3.63, 3.8) is 0 Å². The van der Waals surface area contributed by atoms with Gasteiger partial charge in [-0.2, -0.15) is 0 Å². The largest absolute Gasteiger partial charge is 0.371 e. The van der Waals surface area contributed by atoms with E-state index in [0.29, 0.717) is 22.6 Å². The Labute approximate surface area is 206 Å². The van der Waals surface area contributed by atoms with E-state index in [2.05, 4.69) is 36.0 Å². The molecule has 1 aliphatic carbocycles. The van der Waals surface area contributed by atoms with Gasteiger partial charge in [0, 0.05) is 43.5 Å². The fourth-order valence-corrected chi connectivity index (χ4v) is 5.27. The van der Waals surface area contributed by atoms with Gasteiger partial charge in [0.15, 0.2) is 0 Å². The Bertz CT molecular complexity index is 1140. The lowest BCUT2D eigenvalue weighted by Gasteiger charge is -2.35. The Hall–Kier alpha value is -2.73. The van der Waals surface area contributed by atoms with Gasteiger partial charge in [0.1, 0.15) is 11.6 Å². The van der Waals surface area contributed by atoms with E-state index in [-0.39, 0.29) is 37.5 Å². The Kier molecular flexibility index (Phi) is 5.96. The van der Waals surface area contributed by atoms with Gasteiger partial charge in [0.05, 0.1) is 17.8 Å². The van der Waals surface area contributed by atoms with Gasteiger partial charge < -0.3 is 15.1 Å². The lowest BCUT2D eigenvalue weighted by molar-refractivity contribution is -0.0221. The van der Waals surface area contributed by atoms with Crippen LogP contribution in [0.2, 0.25) is 0 Å². The highest BCUT2D eigenvalue weighted by molar-refractivity contribution is 9.10. The SMILES string of the molecule is [C-]#[N+]c1ccc(NC(=O)c2ccc(Br)cc2N2CCC3(CC2)CC3)nc1N1CCC(F)(F)CC1. The standard InChI is InChI=1S/C25H26BrF2N5O/c1-29-19-4-5-21(30-22(19)33-14-10-25(27,28)11-15-33)31-23(34)18-3-2-17(26)16-20(18)32-12-8-24(6-7-24)9-13-32/h2-5,16H,6-15H2,(H,30,31,34). The first kappa shape index (κ1) is 23.0. The van der Waals surface area contributed by atoms with Crippen molar-refractivity contribution in [3.05, 3.63) is 51.8 Å². The number of nitrogens with zero attached hydrogens (tertiary/aromatic N) is 4. The summed E-state index contributed by atoms with van der Waals surface area (Å²) < 4.78 is 28.1. The number of carbonyl (C=O) groups is 1. The van der Waals surface area contributed by atoms with Gasteiger partial charge in [-0.15, -0.1) is 0 Å². The summed E-state index contributed by atoms with van der Waals surface area (Å²) in [5.74, 6) is -2.33. The molecule has 3 aliphatic rings. The Morgan fingerprint density at radius 3 is 2.32 bits per heavy atom. The number of benzene rings is 1. The first-order valence-electron chi connectivity index (χ1n) is 11.6. The number of rotatable bonds is 4. The number of alkyl halides is 2. The Morgan fingerprint density at radius 1 is 1.00 bits per heavy atom. The maximum Gasteiger partial charge on any atom is 0.258 e. The summed E-state index contributed by atoms with van der Waals surface area (Å²) >= 11 is 3.53. The smallest absolute Gasteiger partial charge is 0.258 e. The van der Waals surface area contributed by atoms with Gasteiger partial charge in [-0.1, -0.05) is 15.9 Å². The molecule has 1 spiro atoms. The van der Waals surface area contributed by atoms with E-state index in [9.17, 15) is 13.6 Å². The zero-order chi connectivity index (χ0) is 23.9. The van der Waals surface area contributed by atoms with Crippen molar-refractivity contribution in [3.8, 4) is 0 Å². The van der Waals surface area contributed by atoms with Crippen molar-refractivity contribution < 1.29 is 13.6 Å². The molecule has 5 rings (SSSR count). The number of carbonyl (C=O) groups excluding carboxylic acids is 1. The monoisotopic (exact) mass is 529 g/mol. The lowest BCUT2D eigenvalue weighted by atomic mass is 9.93. The van der Waals surface area contributed by atoms with Crippen LogP contribution in [0.5, 0.6) is 0 Å². The predicted octanol–water partition coefficient (Wildman–Crippen LogP) is 6.26. The highest BCUT2D eigenvalue weighted by atomic mass is 79.9. The fourth-order valence-electron chi connectivity index (χ4n) is 4.92. The normalized spacial score (nSPS) is 20.6. The second kappa shape index (κ2) is 8.81. The van der Waals surface area contributed by atoms with Crippen molar-refractivity contribution in [1.82, 2.24) is 4.98 Å². The van der Waals surface area contributed by atoms with Crippen molar-refractivity contribution in [2.75, 3.05) is 41.3 Å². The molecule has 2 aliphatic heterocycles. The Balaban J connectivity index is 1.36. The van der Waals surface area contributed by atoms with Gasteiger partial charge in [-0.3, -0.25) is 4.79 Å². The molecular formula is C25H26BrF2N5O. The number of hydrogen-bond acceptors (Lipinski definition) is 4. The molecule has 0 radical (unpaired) electrons. The predicted molar refractivity (Wildman–Crippen MR) is 132 cm³/mol. The molecule has 9 heteroatoms. The third kappa shape index (κ3) is 4.74. The molecule has 1 aromatic heterocycles. The summed E-state index contributed by atoms with van der Waals surface area (Å²) in [5.41, 5.74) is 2.27. The van der Waals surface area contributed by atoms with E-state index in [0.717, 1.165) is 36.1 Å². The summed E-state index contributed by atoms with van der Waals surface area (Å²) in [7, 11) is 0. The number of amides is 1. The van der Waals surface area contributed by atoms with E-state index < -0.39 is 5.92 Å². The second-order valence-electron chi connectivity index (χ2n) is 9.60. The minimum Gasteiger partial charge on any atom is -0.371 e. The van der Waals surface area contributed by atoms with Crippen LogP contribution >= 0.6 is 15.9 Å².